The highest BCUT2D eigenvalue weighted by Crippen LogP contribution is 2.52. The minimum absolute atomic E-state index is 0.0565. The monoisotopic (exact) mass is 551 g/mol. The molecule has 0 N–H and O–H groups in total. The molecule has 1 aliphatic carbocycles. The number of rotatable bonds is 1. The zero-order valence-corrected chi connectivity index (χ0v) is 23.7. The molecule has 0 bridgehead atoms. The van der Waals surface area contributed by atoms with Crippen molar-refractivity contribution in [1.29, 1.82) is 0 Å². The maximum absolute atomic E-state index is 6.28. The van der Waals surface area contributed by atoms with Crippen molar-refractivity contribution in [2.45, 2.75) is 19.3 Å². The summed E-state index contributed by atoms with van der Waals surface area (Å²) in [7, 11) is 0. The molecule has 4 nitrogen and oxygen atoms in total. The number of aromatic nitrogens is 3. The average Bonchev–Trinajstić information content (AvgIpc) is 3.50. The molecule has 0 spiro atoms. The van der Waals surface area contributed by atoms with E-state index in [1.54, 1.807) is 0 Å². The van der Waals surface area contributed by atoms with Crippen molar-refractivity contribution in [3.8, 4) is 39.8 Å². The molecule has 4 heteroatoms. The summed E-state index contributed by atoms with van der Waals surface area (Å²) in [4.78, 5) is 10.5. The van der Waals surface area contributed by atoms with Gasteiger partial charge < -0.3 is 4.74 Å². The van der Waals surface area contributed by atoms with Crippen molar-refractivity contribution >= 4 is 43.5 Å². The van der Waals surface area contributed by atoms with Gasteiger partial charge in [-0.3, -0.25) is 4.57 Å². The van der Waals surface area contributed by atoms with Crippen molar-refractivity contribution in [3.63, 3.8) is 0 Å². The first-order chi connectivity index (χ1) is 21.1. The van der Waals surface area contributed by atoms with Crippen LogP contribution in [0.2, 0.25) is 0 Å². The van der Waals surface area contributed by atoms with Gasteiger partial charge in [0.15, 0.2) is 0 Å². The lowest BCUT2D eigenvalue weighted by molar-refractivity contribution is 0.486. The number of hydrogen-bond donors (Lipinski definition) is 0. The molecule has 3 heterocycles. The van der Waals surface area contributed by atoms with Crippen molar-refractivity contribution in [1.82, 2.24) is 14.5 Å². The number of nitrogens with zero attached hydrogens (tertiary/aromatic N) is 3. The summed E-state index contributed by atoms with van der Waals surface area (Å²) < 4.78 is 8.55. The Labute approximate surface area is 247 Å². The van der Waals surface area contributed by atoms with Crippen molar-refractivity contribution in [3.05, 3.63) is 126 Å². The van der Waals surface area contributed by atoms with Gasteiger partial charge in [0, 0.05) is 27.1 Å². The van der Waals surface area contributed by atoms with E-state index in [0.717, 1.165) is 44.7 Å². The van der Waals surface area contributed by atoms with Crippen LogP contribution in [0.1, 0.15) is 25.0 Å². The molecule has 10 rings (SSSR count). The molecule has 0 atom stereocenters. The van der Waals surface area contributed by atoms with E-state index in [9.17, 15) is 0 Å². The van der Waals surface area contributed by atoms with Crippen molar-refractivity contribution in [2.75, 3.05) is 0 Å². The SMILES string of the molecule is CC1(C)c2ccccc2-c2c1ccc1c2ccc2c3ccccc3n(-c3nc4c5c(cccc5n3)Oc3ccccc3-4)c12. The predicted octanol–water partition coefficient (Wildman–Crippen LogP) is 9.96. The largest absolute Gasteiger partial charge is 0.456 e. The van der Waals surface area contributed by atoms with E-state index in [1.165, 1.54) is 43.8 Å². The lowest BCUT2D eigenvalue weighted by Gasteiger charge is -2.22. The molecule has 6 aromatic carbocycles. The van der Waals surface area contributed by atoms with Crippen LogP contribution in [0.25, 0.3) is 71.8 Å². The molecule has 2 aromatic heterocycles. The summed E-state index contributed by atoms with van der Waals surface area (Å²) in [5, 5.41) is 5.80. The second-order valence-electron chi connectivity index (χ2n) is 12.2. The molecule has 1 aliphatic heterocycles. The first-order valence-corrected chi connectivity index (χ1v) is 14.8. The van der Waals surface area contributed by atoms with Crippen LogP contribution in [0.15, 0.2) is 115 Å². The number of fused-ring (bicyclic) bond motifs is 11. The first-order valence-electron chi connectivity index (χ1n) is 14.8. The standard InChI is InChI=1S/C39H25N3O/c1-39(2)28-13-6-3-11-26(28)34-23-18-19-24-22-10-4-7-15-31(22)42(37(24)25(23)20-21-29(34)39)38-40-30-14-9-17-33-35(30)36(41-38)27-12-5-8-16-32(27)43-33/h3-21H,1-2H3. The van der Waals surface area contributed by atoms with Crippen LogP contribution in [0.4, 0.5) is 0 Å². The van der Waals surface area contributed by atoms with Gasteiger partial charge >= 0.3 is 0 Å². The molecular formula is C39H25N3O. The van der Waals surface area contributed by atoms with Gasteiger partial charge in [-0.05, 0) is 58.0 Å². The van der Waals surface area contributed by atoms with Crippen LogP contribution >= 0.6 is 0 Å². The molecule has 8 aromatic rings. The van der Waals surface area contributed by atoms with Gasteiger partial charge in [-0.25, -0.2) is 9.97 Å². The van der Waals surface area contributed by atoms with E-state index in [2.05, 4.69) is 103 Å². The van der Waals surface area contributed by atoms with E-state index >= 15 is 0 Å². The van der Waals surface area contributed by atoms with E-state index < -0.39 is 0 Å². The fourth-order valence-corrected chi connectivity index (χ4v) is 7.66. The molecule has 0 saturated carbocycles. The maximum atomic E-state index is 6.28. The minimum atomic E-state index is -0.0565. The molecule has 43 heavy (non-hydrogen) atoms. The van der Waals surface area contributed by atoms with Crippen LogP contribution in [0.5, 0.6) is 11.5 Å². The quantitative estimate of drug-likeness (QED) is 0.204. The average molecular weight is 552 g/mol. The smallest absolute Gasteiger partial charge is 0.235 e. The normalized spacial score (nSPS) is 14.2. The summed E-state index contributed by atoms with van der Waals surface area (Å²) in [5.74, 6) is 2.27. The van der Waals surface area contributed by atoms with Gasteiger partial charge in [-0.2, -0.15) is 0 Å². The lowest BCUT2D eigenvalue weighted by Crippen LogP contribution is -2.14. The lowest BCUT2D eigenvalue weighted by atomic mass is 9.82. The Morgan fingerprint density at radius 2 is 1.30 bits per heavy atom. The third-order valence-electron chi connectivity index (χ3n) is 9.61. The fourth-order valence-electron chi connectivity index (χ4n) is 7.66. The van der Waals surface area contributed by atoms with Crippen LogP contribution in [-0.4, -0.2) is 14.5 Å². The molecular weight excluding hydrogens is 526 g/mol. The van der Waals surface area contributed by atoms with Gasteiger partial charge in [0.1, 0.15) is 11.5 Å². The van der Waals surface area contributed by atoms with E-state index in [4.69, 9.17) is 14.7 Å². The van der Waals surface area contributed by atoms with Crippen molar-refractivity contribution in [2.24, 2.45) is 0 Å². The molecule has 0 saturated heterocycles. The Bertz CT molecular complexity index is 2520. The van der Waals surface area contributed by atoms with Gasteiger partial charge in [-0.1, -0.05) is 98.8 Å². The van der Waals surface area contributed by atoms with Crippen LogP contribution in [-0.2, 0) is 5.41 Å². The van der Waals surface area contributed by atoms with Gasteiger partial charge in [-0.15, -0.1) is 0 Å². The van der Waals surface area contributed by atoms with E-state index in [1.807, 2.05) is 30.3 Å². The number of ether oxygens (including phenoxy) is 1. The van der Waals surface area contributed by atoms with Crippen LogP contribution in [0, 0.1) is 0 Å². The third kappa shape index (κ3) is 2.85. The van der Waals surface area contributed by atoms with E-state index in [0.29, 0.717) is 5.95 Å². The highest BCUT2D eigenvalue weighted by atomic mass is 16.5. The number of para-hydroxylation sites is 2. The number of benzene rings is 6. The molecule has 2 aliphatic rings. The summed E-state index contributed by atoms with van der Waals surface area (Å²) >= 11 is 0. The molecule has 0 unspecified atom stereocenters. The number of hydrogen-bond acceptors (Lipinski definition) is 3. The molecule has 0 fully saturated rings. The van der Waals surface area contributed by atoms with Crippen LogP contribution < -0.4 is 4.74 Å². The molecule has 0 radical (unpaired) electrons. The summed E-state index contributed by atoms with van der Waals surface area (Å²) in [6.45, 7) is 4.67. The Morgan fingerprint density at radius 3 is 2.23 bits per heavy atom. The summed E-state index contributed by atoms with van der Waals surface area (Å²) in [6.07, 6.45) is 0. The second kappa shape index (κ2) is 7.87. The Balaban J connectivity index is 1.36. The zero-order chi connectivity index (χ0) is 28.4. The Hall–Kier alpha value is -5.48. The van der Waals surface area contributed by atoms with Crippen LogP contribution in [0.3, 0.4) is 0 Å². The predicted molar refractivity (Wildman–Crippen MR) is 174 cm³/mol. The minimum Gasteiger partial charge on any atom is -0.456 e. The fraction of sp³-hybridized carbons (Fsp3) is 0.0769. The first kappa shape index (κ1) is 23.1. The van der Waals surface area contributed by atoms with Gasteiger partial charge in [0.2, 0.25) is 5.95 Å². The molecule has 202 valence electrons. The third-order valence-corrected chi connectivity index (χ3v) is 9.61. The zero-order valence-electron chi connectivity index (χ0n) is 23.7. The summed E-state index contributed by atoms with van der Waals surface area (Å²) in [6, 6.07) is 40.9. The summed E-state index contributed by atoms with van der Waals surface area (Å²) in [5.41, 5.74) is 10.3. The Morgan fingerprint density at radius 1 is 0.581 bits per heavy atom. The highest BCUT2D eigenvalue weighted by molar-refractivity contribution is 6.21. The highest BCUT2D eigenvalue weighted by Gasteiger charge is 2.36. The van der Waals surface area contributed by atoms with Gasteiger partial charge in [0.25, 0.3) is 0 Å². The van der Waals surface area contributed by atoms with Gasteiger partial charge in [0.05, 0.1) is 27.6 Å². The van der Waals surface area contributed by atoms with Crippen molar-refractivity contribution < 1.29 is 4.74 Å². The Kier molecular flexibility index (Phi) is 4.23. The van der Waals surface area contributed by atoms with E-state index in [-0.39, 0.29) is 5.41 Å². The molecule has 0 amide bonds. The second-order valence-corrected chi connectivity index (χ2v) is 12.2. The maximum Gasteiger partial charge on any atom is 0.235 e. The topological polar surface area (TPSA) is 39.9 Å².